The minimum Gasteiger partial charge on any atom is -0.455 e. The molecule has 7 heteroatoms. The molecule has 0 spiro atoms. The quantitative estimate of drug-likeness (QED) is 0.691. The Morgan fingerprint density at radius 1 is 1.21 bits per heavy atom. The van der Waals surface area contributed by atoms with E-state index in [0.717, 1.165) is 22.1 Å². The van der Waals surface area contributed by atoms with Gasteiger partial charge in [0.25, 0.3) is 5.91 Å². The van der Waals surface area contributed by atoms with Crippen molar-refractivity contribution in [2.24, 2.45) is 5.92 Å². The maximum atomic E-state index is 12.3. The molecule has 0 aliphatic carbocycles. The molecule has 1 saturated heterocycles. The van der Waals surface area contributed by atoms with Gasteiger partial charge in [-0.05, 0) is 42.3 Å². The molecule has 0 radical (unpaired) electrons. The largest absolute Gasteiger partial charge is 0.455 e. The molecule has 0 aromatic heterocycles. The van der Waals surface area contributed by atoms with Gasteiger partial charge in [-0.25, -0.2) is 0 Å². The van der Waals surface area contributed by atoms with Gasteiger partial charge in [0, 0.05) is 28.8 Å². The predicted octanol–water partition coefficient (Wildman–Crippen LogP) is 3.55. The van der Waals surface area contributed by atoms with Gasteiger partial charge in [-0.1, -0.05) is 41.1 Å². The molecule has 1 atom stereocenters. The minimum atomic E-state index is -0.570. The summed E-state index contributed by atoms with van der Waals surface area (Å²) in [6.07, 6.45) is 0.844. The normalized spacial score (nSPS) is 16.1. The van der Waals surface area contributed by atoms with E-state index in [9.17, 15) is 14.4 Å². The number of hydrogen-bond donors (Lipinski definition) is 1. The summed E-state index contributed by atoms with van der Waals surface area (Å²) >= 11 is 3.40. The van der Waals surface area contributed by atoms with Crippen LogP contribution in [0, 0.1) is 5.92 Å². The summed E-state index contributed by atoms with van der Waals surface area (Å²) in [6, 6.07) is 14.8. The molecule has 0 unspecified atom stereocenters. The van der Waals surface area contributed by atoms with Gasteiger partial charge >= 0.3 is 5.97 Å². The number of esters is 1. The van der Waals surface area contributed by atoms with E-state index in [1.165, 1.54) is 0 Å². The Balaban J connectivity index is 1.53. The second kappa shape index (κ2) is 9.01. The molecule has 1 aliphatic heterocycles. The number of para-hydroxylation sites is 1. The lowest BCUT2D eigenvalue weighted by atomic mass is 10.1. The van der Waals surface area contributed by atoms with Crippen molar-refractivity contribution in [3.05, 3.63) is 58.6 Å². The average molecular weight is 445 g/mol. The molecule has 1 fully saturated rings. The van der Waals surface area contributed by atoms with Crippen molar-refractivity contribution >= 4 is 45.1 Å². The molecule has 146 valence electrons. The van der Waals surface area contributed by atoms with Gasteiger partial charge in [0.2, 0.25) is 5.91 Å². The van der Waals surface area contributed by atoms with E-state index in [-0.39, 0.29) is 25.5 Å². The number of ether oxygens (including phenoxy) is 1. The fourth-order valence-electron chi connectivity index (χ4n) is 3.14. The van der Waals surface area contributed by atoms with E-state index < -0.39 is 17.8 Å². The lowest BCUT2D eigenvalue weighted by Gasteiger charge is -2.16. The number of nitrogens with one attached hydrogen (secondary N) is 1. The van der Waals surface area contributed by atoms with Crippen LogP contribution < -0.4 is 10.2 Å². The van der Waals surface area contributed by atoms with Crippen LogP contribution in [-0.2, 0) is 25.5 Å². The Kier molecular flexibility index (Phi) is 6.46. The van der Waals surface area contributed by atoms with E-state index in [2.05, 4.69) is 21.2 Å². The first-order valence-corrected chi connectivity index (χ1v) is 9.87. The highest BCUT2D eigenvalue weighted by Gasteiger charge is 2.36. The summed E-state index contributed by atoms with van der Waals surface area (Å²) in [7, 11) is 0. The minimum absolute atomic E-state index is 0.0854. The van der Waals surface area contributed by atoms with Gasteiger partial charge < -0.3 is 15.0 Å². The zero-order valence-electron chi connectivity index (χ0n) is 15.5. The molecule has 1 heterocycles. The van der Waals surface area contributed by atoms with Crippen molar-refractivity contribution in [2.45, 2.75) is 19.8 Å². The molecule has 2 aromatic carbocycles. The zero-order valence-corrected chi connectivity index (χ0v) is 17.1. The number of rotatable bonds is 6. The molecule has 0 bridgehead atoms. The molecule has 28 heavy (non-hydrogen) atoms. The van der Waals surface area contributed by atoms with E-state index in [4.69, 9.17) is 4.74 Å². The first-order chi connectivity index (χ1) is 13.5. The molecular formula is C21H21BrN2O4. The molecule has 1 aliphatic rings. The van der Waals surface area contributed by atoms with E-state index in [1.807, 2.05) is 49.4 Å². The highest BCUT2D eigenvalue weighted by molar-refractivity contribution is 9.10. The van der Waals surface area contributed by atoms with Crippen LogP contribution in [0.4, 0.5) is 11.4 Å². The van der Waals surface area contributed by atoms with Crippen LogP contribution in [0.3, 0.4) is 0 Å². The maximum absolute atomic E-state index is 12.3. The Hall–Kier alpha value is -2.67. The highest BCUT2D eigenvalue weighted by Crippen LogP contribution is 2.26. The first-order valence-electron chi connectivity index (χ1n) is 9.08. The van der Waals surface area contributed by atoms with Crippen LogP contribution in [0.2, 0.25) is 0 Å². The van der Waals surface area contributed by atoms with Crippen molar-refractivity contribution in [1.82, 2.24) is 0 Å². The lowest BCUT2D eigenvalue weighted by Crippen LogP contribution is -2.28. The van der Waals surface area contributed by atoms with Crippen molar-refractivity contribution in [3.63, 3.8) is 0 Å². The third kappa shape index (κ3) is 4.78. The number of carbonyl (C=O) groups excluding carboxylic acids is 3. The Labute approximate surface area is 172 Å². The van der Waals surface area contributed by atoms with Crippen LogP contribution in [0.1, 0.15) is 18.9 Å². The Morgan fingerprint density at radius 3 is 2.68 bits per heavy atom. The molecule has 1 N–H and O–H groups in total. The number of halogens is 1. The molecule has 6 nitrogen and oxygen atoms in total. The van der Waals surface area contributed by atoms with Crippen LogP contribution in [0.25, 0.3) is 0 Å². The van der Waals surface area contributed by atoms with Gasteiger partial charge in [0.1, 0.15) is 0 Å². The van der Waals surface area contributed by atoms with Crippen LogP contribution in [0.5, 0.6) is 0 Å². The van der Waals surface area contributed by atoms with Gasteiger partial charge in [0.15, 0.2) is 6.61 Å². The maximum Gasteiger partial charge on any atom is 0.311 e. The number of amides is 2. The third-order valence-corrected chi connectivity index (χ3v) is 5.09. The number of carbonyl (C=O) groups is 3. The van der Waals surface area contributed by atoms with E-state index in [1.54, 1.807) is 11.0 Å². The average Bonchev–Trinajstić information content (AvgIpc) is 3.10. The van der Waals surface area contributed by atoms with Crippen LogP contribution in [0.15, 0.2) is 53.0 Å². The number of benzene rings is 2. The molecule has 2 aromatic rings. The standard InChI is InChI=1S/C21H21BrN2O4/c1-2-14-10-16(22)8-9-18(14)23-19(25)13-28-21(27)15-11-20(26)24(12-15)17-6-4-3-5-7-17/h3-10,15H,2,11-13H2,1H3,(H,23,25)/t15-/m0/s1. The lowest BCUT2D eigenvalue weighted by molar-refractivity contribution is -0.151. The Morgan fingerprint density at radius 2 is 1.96 bits per heavy atom. The van der Waals surface area contributed by atoms with E-state index in [0.29, 0.717) is 5.69 Å². The summed E-state index contributed by atoms with van der Waals surface area (Å²) in [4.78, 5) is 38.2. The molecular weight excluding hydrogens is 424 g/mol. The van der Waals surface area contributed by atoms with Crippen molar-refractivity contribution in [1.29, 1.82) is 0 Å². The number of hydrogen-bond acceptors (Lipinski definition) is 4. The topological polar surface area (TPSA) is 75.7 Å². The third-order valence-electron chi connectivity index (χ3n) is 4.59. The van der Waals surface area contributed by atoms with Gasteiger partial charge in [-0.2, -0.15) is 0 Å². The molecule has 2 amide bonds. The highest BCUT2D eigenvalue weighted by atomic mass is 79.9. The summed E-state index contributed by atoms with van der Waals surface area (Å²) in [5, 5.41) is 2.76. The summed E-state index contributed by atoms with van der Waals surface area (Å²) in [5.74, 6) is -1.64. The summed E-state index contributed by atoms with van der Waals surface area (Å²) in [5.41, 5.74) is 2.43. The number of aryl methyl sites for hydroxylation is 1. The predicted molar refractivity (Wildman–Crippen MR) is 110 cm³/mol. The number of anilines is 2. The molecule has 0 saturated carbocycles. The molecule has 3 rings (SSSR count). The smallest absolute Gasteiger partial charge is 0.311 e. The fraction of sp³-hybridized carbons (Fsp3) is 0.286. The second-order valence-electron chi connectivity index (χ2n) is 6.55. The van der Waals surface area contributed by atoms with Crippen molar-refractivity contribution in [3.8, 4) is 0 Å². The first kappa shape index (κ1) is 20.1. The van der Waals surface area contributed by atoms with Gasteiger partial charge in [-0.15, -0.1) is 0 Å². The fourth-order valence-corrected chi connectivity index (χ4v) is 3.55. The van der Waals surface area contributed by atoms with Gasteiger partial charge in [0.05, 0.1) is 5.92 Å². The second-order valence-corrected chi connectivity index (χ2v) is 7.47. The van der Waals surface area contributed by atoms with Crippen molar-refractivity contribution in [2.75, 3.05) is 23.4 Å². The zero-order chi connectivity index (χ0) is 20.1. The van der Waals surface area contributed by atoms with Crippen LogP contribution >= 0.6 is 15.9 Å². The summed E-state index contributed by atoms with van der Waals surface area (Å²) < 4.78 is 6.08. The number of nitrogens with zero attached hydrogens (tertiary/aromatic N) is 1. The van der Waals surface area contributed by atoms with Crippen molar-refractivity contribution < 1.29 is 19.1 Å². The Bertz CT molecular complexity index is 885. The SMILES string of the molecule is CCc1cc(Br)ccc1NC(=O)COC(=O)[C@H]1CC(=O)N(c2ccccc2)C1. The van der Waals surface area contributed by atoms with Gasteiger partial charge in [-0.3, -0.25) is 14.4 Å². The van der Waals surface area contributed by atoms with Crippen LogP contribution in [-0.4, -0.2) is 30.9 Å². The monoisotopic (exact) mass is 444 g/mol. The van der Waals surface area contributed by atoms with E-state index >= 15 is 0 Å². The summed E-state index contributed by atoms with van der Waals surface area (Å²) in [6.45, 7) is 1.87.